The number of benzene rings is 2. The van der Waals surface area contributed by atoms with Gasteiger partial charge in [0.1, 0.15) is 0 Å². The first kappa shape index (κ1) is 19.5. The summed E-state index contributed by atoms with van der Waals surface area (Å²) >= 11 is 0. The largest absolute Gasteiger partial charge is 0.481 e. The molecule has 1 fully saturated rings. The van der Waals surface area contributed by atoms with Crippen LogP contribution in [0.1, 0.15) is 24.0 Å². The van der Waals surface area contributed by atoms with Crippen LogP contribution in [0.4, 0.5) is 17.6 Å². The van der Waals surface area contributed by atoms with Gasteiger partial charge in [-0.05, 0) is 60.4 Å². The van der Waals surface area contributed by atoms with Crippen molar-refractivity contribution in [3.8, 4) is 0 Å². The van der Waals surface area contributed by atoms with Crippen molar-refractivity contribution >= 4 is 23.9 Å². The Morgan fingerprint density at radius 3 is 1.61 bits per heavy atom. The lowest BCUT2D eigenvalue weighted by atomic mass is 9.80. The molecule has 7 heteroatoms. The summed E-state index contributed by atoms with van der Waals surface area (Å²) in [5, 5.41) is 9.37. The second kappa shape index (κ2) is 7.80. The number of carbonyl (C=O) groups excluding carboxylic acids is 1. The van der Waals surface area contributed by atoms with E-state index in [-0.39, 0.29) is 35.1 Å². The molecule has 0 bridgehead atoms. The molecule has 1 N–H and O–H groups in total. The van der Waals surface area contributed by atoms with Gasteiger partial charge in [-0.1, -0.05) is 12.1 Å². The van der Waals surface area contributed by atoms with E-state index in [1.54, 1.807) is 0 Å². The van der Waals surface area contributed by atoms with Crippen LogP contribution in [0.5, 0.6) is 0 Å². The zero-order valence-electron chi connectivity index (χ0n) is 14.4. The van der Waals surface area contributed by atoms with Crippen molar-refractivity contribution in [1.82, 2.24) is 0 Å². The van der Waals surface area contributed by atoms with E-state index < -0.39 is 40.9 Å². The Morgan fingerprint density at radius 2 is 1.25 bits per heavy atom. The molecule has 0 saturated heterocycles. The summed E-state index contributed by atoms with van der Waals surface area (Å²) in [6, 6.07) is 6.14. The van der Waals surface area contributed by atoms with Gasteiger partial charge in [-0.15, -0.1) is 0 Å². The SMILES string of the molecule is O=C1/C(=C\c2ccc(F)c(F)c2)CC(C(=O)O)C/C1=C\c1ccc(F)c(F)c1. The van der Waals surface area contributed by atoms with Crippen LogP contribution in [0.3, 0.4) is 0 Å². The van der Waals surface area contributed by atoms with Crippen molar-refractivity contribution in [2.45, 2.75) is 12.8 Å². The van der Waals surface area contributed by atoms with Gasteiger partial charge in [-0.3, -0.25) is 9.59 Å². The van der Waals surface area contributed by atoms with Gasteiger partial charge < -0.3 is 5.11 Å². The van der Waals surface area contributed by atoms with Gasteiger partial charge in [-0.25, -0.2) is 17.6 Å². The predicted octanol–water partition coefficient (Wildman–Crippen LogP) is 4.77. The van der Waals surface area contributed by atoms with E-state index in [9.17, 15) is 32.3 Å². The number of carboxylic acid groups (broad SMARTS) is 1. The number of aliphatic carboxylic acids is 1. The molecule has 0 aromatic heterocycles. The number of carboxylic acids is 1. The van der Waals surface area contributed by atoms with Gasteiger partial charge in [0.05, 0.1) is 5.92 Å². The van der Waals surface area contributed by atoms with Crippen molar-refractivity contribution < 1.29 is 32.3 Å². The molecule has 0 amide bonds. The lowest BCUT2D eigenvalue weighted by molar-refractivity contribution is -0.142. The summed E-state index contributed by atoms with van der Waals surface area (Å²) in [7, 11) is 0. The van der Waals surface area contributed by atoms with Crippen LogP contribution in [0.15, 0.2) is 47.5 Å². The minimum atomic E-state index is -1.13. The van der Waals surface area contributed by atoms with Gasteiger partial charge in [0, 0.05) is 11.1 Å². The van der Waals surface area contributed by atoms with Gasteiger partial charge >= 0.3 is 5.97 Å². The molecule has 3 rings (SSSR count). The topological polar surface area (TPSA) is 54.4 Å². The highest BCUT2D eigenvalue weighted by Crippen LogP contribution is 2.33. The maximum absolute atomic E-state index is 13.4. The summed E-state index contributed by atoms with van der Waals surface area (Å²) in [6.45, 7) is 0. The monoisotopic (exact) mass is 390 g/mol. The molecule has 0 heterocycles. The molecule has 0 spiro atoms. The van der Waals surface area contributed by atoms with E-state index in [1.807, 2.05) is 0 Å². The number of ketones is 1. The number of rotatable bonds is 3. The van der Waals surface area contributed by atoms with E-state index in [1.165, 1.54) is 24.3 Å². The van der Waals surface area contributed by atoms with Crippen LogP contribution >= 0.6 is 0 Å². The maximum atomic E-state index is 13.4. The molecule has 1 aliphatic rings. The number of halogens is 4. The Hall–Kier alpha value is -3.22. The van der Waals surface area contributed by atoms with Crippen LogP contribution in [0.2, 0.25) is 0 Å². The lowest BCUT2D eigenvalue weighted by Gasteiger charge is -2.22. The van der Waals surface area contributed by atoms with Crippen LogP contribution in [0.25, 0.3) is 12.2 Å². The summed E-state index contributed by atoms with van der Waals surface area (Å²) in [5.41, 5.74) is 0.637. The Kier molecular flexibility index (Phi) is 5.44. The molecular weight excluding hydrogens is 376 g/mol. The fourth-order valence-electron chi connectivity index (χ4n) is 3.02. The van der Waals surface area contributed by atoms with Crippen molar-refractivity contribution in [3.05, 3.63) is 81.9 Å². The van der Waals surface area contributed by atoms with E-state index in [4.69, 9.17) is 0 Å². The Labute approximate surface area is 157 Å². The highest BCUT2D eigenvalue weighted by atomic mass is 19.2. The molecule has 2 aromatic rings. The number of hydrogen-bond acceptors (Lipinski definition) is 2. The highest BCUT2D eigenvalue weighted by Gasteiger charge is 2.32. The normalized spacial score (nSPS) is 20.0. The second-order valence-corrected chi connectivity index (χ2v) is 6.46. The molecule has 1 aliphatic carbocycles. The first-order chi connectivity index (χ1) is 13.2. The number of hydrogen-bond donors (Lipinski definition) is 1. The zero-order valence-corrected chi connectivity index (χ0v) is 14.4. The molecule has 0 aliphatic heterocycles. The third-order valence-electron chi connectivity index (χ3n) is 4.43. The Balaban J connectivity index is 2.01. The number of allylic oxidation sites excluding steroid dienone is 2. The second-order valence-electron chi connectivity index (χ2n) is 6.46. The molecule has 28 heavy (non-hydrogen) atoms. The van der Waals surface area contributed by atoms with Gasteiger partial charge in [0.25, 0.3) is 0 Å². The smallest absolute Gasteiger partial charge is 0.307 e. The predicted molar refractivity (Wildman–Crippen MR) is 94.0 cm³/mol. The Bertz CT molecular complexity index is 951. The lowest BCUT2D eigenvalue weighted by Crippen LogP contribution is -2.25. The van der Waals surface area contributed by atoms with Crippen LogP contribution in [-0.2, 0) is 9.59 Å². The number of Topliss-reactive ketones (excluding diaryl/α,β-unsaturated/α-hetero) is 1. The minimum Gasteiger partial charge on any atom is -0.481 e. The van der Waals surface area contributed by atoms with Crippen molar-refractivity contribution in [1.29, 1.82) is 0 Å². The summed E-state index contributed by atoms with van der Waals surface area (Å²) in [4.78, 5) is 24.2. The van der Waals surface area contributed by atoms with Crippen LogP contribution < -0.4 is 0 Å². The summed E-state index contributed by atoms with van der Waals surface area (Å²) in [5.74, 6) is -6.79. The fraction of sp³-hybridized carbons (Fsp3) is 0.143. The molecule has 144 valence electrons. The fourth-order valence-corrected chi connectivity index (χ4v) is 3.02. The van der Waals surface area contributed by atoms with Crippen LogP contribution in [0, 0.1) is 29.2 Å². The van der Waals surface area contributed by atoms with Gasteiger partial charge in [0.15, 0.2) is 29.1 Å². The van der Waals surface area contributed by atoms with Crippen molar-refractivity contribution in [2.24, 2.45) is 5.92 Å². The third-order valence-corrected chi connectivity index (χ3v) is 4.43. The first-order valence-corrected chi connectivity index (χ1v) is 8.33. The third kappa shape index (κ3) is 4.19. The van der Waals surface area contributed by atoms with E-state index in [0.29, 0.717) is 0 Å². The maximum Gasteiger partial charge on any atom is 0.307 e. The van der Waals surface area contributed by atoms with Crippen molar-refractivity contribution in [3.63, 3.8) is 0 Å². The van der Waals surface area contributed by atoms with E-state index >= 15 is 0 Å². The van der Waals surface area contributed by atoms with Gasteiger partial charge in [-0.2, -0.15) is 0 Å². The first-order valence-electron chi connectivity index (χ1n) is 8.33. The summed E-state index contributed by atoms with van der Waals surface area (Å²) < 4.78 is 53.0. The molecule has 1 saturated carbocycles. The highest BCUT2D eigenvalue weighted by molar-refractivity contribution is 6.14. The quantitative estimate of drug-likeness (QED) is 0.607. The molecule has 1 atom stereocenters. The Morgan fingerprint density at radius 1 is 0.821 bits per heavy atom. The average molecular weight is 390 g/mol. The number of carbonyl (C=O) groups is 2. The standard InChI is InChI=1S/C21H14F4O3/c22-16-3-1-11(7-18(16)24)5-13-9-15(21(27)28)10-14(20(13)26)6-12-2-4-17(23)19(25)8-12/h1-8,15H,9-10H2,(H,27,28)/b13-5-,14-6+. The molecular formula is C21H14F4O3. The van der Waals surface area contributed by atoms with Crippen LogP contribution in [-0.4, -0.2) is 16.9 Å². The van der Waals surface area contributed by atoms with Crippen molar-refractivity contribution in [2.75, 3.05) is 0 Å². The van der Waals surface area contributed by atoms with E-state index in [0.717, 1.165) is 24.3 Å². The summed E-state index contributed by atoms with van der Waals surface area (Å²) in [6.07, 6.45) is 2.45. The zero-order chi connectivity index (χ0) is 20.4. The van der Waals surface area contributed by atoms with Gasteiger partial charge in [0.2, 0.25) is 0 Å². The average Bonchev–Trinajstić information content (AvgIpc) is 2.64. The molecule has 3 nitrogen and oxygen atoms in total. The van der Waals surface area contributed by atoms with E-state index in [2.05, 4.69) is 0 Å². The minimum absolute atomic E-state index is 0.0811. The molecule has 2 aromatic carbocycles. The molecule has 0 radical (unpaired) electrons. The molecule has 1 unspecified atom stereocenters.